The van der Waals surface area contributed by atoms with Gasteiger partial charge in [-0.3, -0.25) is 4.79 Å². The smallest absolute Gasteiger partial charge is 0.262 e. The van der Waals surface area contributed by atoms with Gasteiger partial charge in [0.05, 0.1) is 6.61 Å². The summed E-state index contributed by atoms with van der Waals surface area (Å²) in [6.45, 7) is 8.93. The molecule has 0 spiro atoms. The third-order valence-corrected chi connectivity index (χ3v) is 3.78. The molecule has 25 heavy (non-hydrogen) atoms. The summed E-state index contributed by atoms with van der Waals surface area (Å²) in [5.74, 6) is 1.90. The average molecular weight is 341 g/mol. The van der Waals surface area contributed by atoms with E-state index >= 15 is 0 Å². The highest BCUT2D eigenvalue weighted by atomic mass is 16.5. The molecule has 2 rings (SSSR count). The van der Waals surface area contributed by atoms with Crippen molar-refractivity contribution in [1.29, 1.82) is 0 Å². The van der Waals surface area contributed by atoms with Crippen LogP contribution in [0.1, 0.15) is 31.4 Å². The Hall–Kier alpha value is -2.49. The van der Waals surface area contributed by atoms with E-state index in [0.29, 0.717) is 18.2 Å². The molecule has 134 valence electrons. The molecule has 0 fully saturated rings. The Bertz CT molecular complexity index is 710. The molecule has 4 nitrogen and oxygen atoms in total. The predicted molar refractivity (Wildman–Crippen MR) is 101 cm³/mol. The van der Waals surface area contributed by atoms with E-state index in [-0.39, 0.29) is 12.5 Å². The van der Waals surface area contributed by atoms with Gasteiger partial charge < -0.3 is 14.8 Å². The Morgan fingerprint density at radius 1 is 1.08 bits per heavy atom. The van der Waals surface area contributed by atoms with Crippen LogP contribution in [0.4, 0.5) is 5.69 Å². The van der Waals surface area contributed by atoms with Gasteiger partial charge in [0.1, 0.15) is 11.5 Å². The van der Waals surface area contributed by atoms with Crippen molar-refractivity contribution >= 4 is 11.6 Å². The number of ether oxygens (including phenoxy) is 2. The van der Waals surface area contributed by atoms with E-state index in [1.807, 2.05) is 56.3 Å². The Balaban J connectivity index is 1.86. The van der Waals surface area contributed by atoms with Crippen LogP contribution in [-0.4, -0.2) is 19.1 Å². The zero-order chi connectivity index (χ0) is 18.2. The summed E-state index contributed by atoms with van der Waals surface area (Å²) in [5.41, 5.74) is 2.82. The van der Waals surface area contributed by atoms with Gasteiger partial charge in [-0.25, -0.2) is 0 Å². The van der Waals surface area contributed by atoms with E-state index in [1.54, 1.807) is 0 Å². The van der Waals surface area contributed by atoms with Gasteiger partial charge in [-0.1, -0.05) is 32.0 Å². The van der Waals surface area contributed by atoms with Crippen molar-refractivity contribution in [3.63, 3.8) is 0 Å². The first-order valence-electron chi connectivity index (χ1n) is 8.67. The number of nitrogens with one attached hydrogen (secondary N) is 1. The van der Waals surface area contributed by atoms with Crippen LogP contribution >= 0.6 is 0 Å². The zero-order valence-corrected chi connectivity index (χ0v) is 15.5. The van der Waals surface area contributed by atoms with Crippen molar-refractivity contribution in [1.82, 2.24) is 0 Å². The minimum Gasteiger partial charge on any atom is -0.494 e. The second kappa shape index (κ2) is 9.11. The molecule has 0 aliphatic rings. The van der Waals surface area contributed by atoms with Gasteiger partial charge in [0, 0.05) is 11.8 Å². The maximum Gasteiger partial charge on any atom is 0.262 e. The highest BCUT2D eigenvalue weighted by molar-refractivity contribution is 5.92. The van der Waals surface area contributed by atoms with E-state index in [9.17, 15) is 4.79 Å². The predicted octanol–water partition coefficient (Wildman–Crippen LogP) is 4.75. The van der Waals surface area contributed by atoms with Gasteiger partial charge in [-0.2, -0.15) is 0 Å². The van der Waals surface area contributed by atoms with Gasteiger partial charge in [-0.15, -0.1) is 0 Å². The Labute approximate surface area is 150 Å². The minimum atomic E-state index is -0.194. The molecule has 0 heterocycles. The zero-order valence-electron chi connectivity index (χ0n) is 15.5. The summed E-state index contributed by atoms with van der Waals surface area (Å²) in [6.07, 6.45) is 1.00. The fraction of sp³-hybridized carbons (Fsp3) is 0.381. The topological polar surface area (TPSA) is 47.6 Å². The van der Waals surface area contributed by atoms with Gasteiger partial charge in [0.15, 0.2) is 6.61 Å². The molecule has 0 saturated carbocycles. The van der Waals surface area contributed by atoms with Crippen LogP contribution in [0, 0.1) is 19.8 Å². The Morgan fingerprint density at radius 2 is 1.88 bits per heavy atom. The molecular weight excluding hydrogens is 314 g/mol. The van der Waals surface area contributed by atoms with Crippen LogP contribution in [0.25, 0.3) is 0 Å². The summed E-state index contributed by atoms with van der Waals surface area (Å²) in [4.78, 5) is 12.1. The number of rotatable bonds is 8. The third kappa shape index (κ3) is 6.49. The first-order chi connectivity index (χ1) is 11.9. The lowest BCUT2D eigenvalue weighted by Crippen LogP contribution is -2.20. The van der Waals surface area contributed by atoms with Crippen molar-refractivity contribution in [3.05, 3.63) is 53.6 Å². The number of anilines is 1. The lowest BCUT2D eigenvalue weighted by atomic mass is 10.1. The molecule has 0 atom stereocenters. The first-order valence-corrected chi connectivity index (χ1v) is 8.67. The lowest BCUT2D eigenvalue weighted by molar-refractivity contribution is -0.118. The molecule has 0 bridgehead atoms. The SMILES string of the molecule is Cc1ccc(C)c(OCC(=O)Nc2cccc(OCCC(C)C)c2)c1. The van der Waals surface area contributed by atoms with Crippen LogP contribution in [0.5, 0.6) is 11.5 Å². The number of amides is 1. The molecule has 2 aromatic carbocycles. The normalized spacial score (nSPS) is 10.6. The lowest BCUT2D eigenvalue weighted by Gasteiger charge is -2.12. The molecule has 1 amide bonds. The van der Waals surface area contributed by atoms with Crippen LogP contribution in [0.15, 0.2) is 42.5 Å². The standard InChI is InChI=1S/C21H27NO3/c1-15(2)10-11-24-19-7-5-6-18(13-19)22-21(23)14-25-20-12-16(3)8-9-17(20)4/h5-9,12-13,15H,10-11,14H2,1-4H3,(H,22,23). The average Bonchev–Trinajstić information content (AvgIpc) is 2.56. The molecule has 1 N–H and O–H groups in total. The summed E-state index contributed by atoms with van der Waals surface area (Å²) in [5, 5.41) is 2.84. The molecule has 0 unspecified atom stereocenters. The van der Waals surface area contributed by atoms with Gasteiger partial charge in [0.2, 0.25) is 0 Å². The Morgan fingerprint density at radius 3 is 2.64 bits per heavy atom. The highest BCUT2D eigenvalue weighted by Gasteiger charge is 2.07. The Kier molecular flexibility index (Phi) is 6.87. The molecule has 0 saturated heterocycles. The quantitative estimate of drug-likeness (QED) is 0.754. The van der Waals surface area contributed by atoms with Crippen LogP contribution in [-0.2, 0) is 4.79 Å². The van der Waals surface area contributed by atoms with Crippen molar-refractivity contribution in [2.45, 2.75) is 34.1 Å². The molecular formula is C21H27NO3. The number of hydrogen-bond donors (Lipinski definition) is 1. The summed E-state index contributed by atoms with van der Waals surface area (Å²) >= 11 is 0. The second-order valence-electron chi connectivity index (χ2n) is 6.66. The molecule has 4 heteroatoms. The minimum absolute atomic E-state index is 0.0251. The van der Waals surface area contributed by atoms with E-state index in [1.165, 1.54) is 0 Å². The highest BCUT2D eigenvalue weighted by Crippen LogP contribution is 2.20. The van der Waals surface area contributed by atoms with Crippen molar-refractivity contribution in [2.75, 3.05) is 18.5 Å². The fourth-order valence-corrected chi connectivity index (χ4v) is 2.28. The number of aryl methyl sites for hydroxylation is 2. The van der Waals surface area contributed by atoms with Gasteiger partial charge in [-0.05, 0) is 55.5 Å². The molecule has 2 aromatic rings. The van der Waals surface area contributed by atoms with E-state index in [0.717, 1.165) is 29.0 Å². The number of benzene rings is 2. The van der Waals surface area contributed by atoms with Crippen LogP contribution in [0.2, 0.25) is 0 Å². The van der Waals surface area contributed by atoms with Crippen molar-refractivity contribution in [3.8, 4) is 11.5 Å². The van der Waals surface area contributed by atoms with Crippen LogP contribution < -0.4 is 14.8 Å². The monoisotopic (exact) mass is 341 g/mol. The summed E-state index contributed by atoms with van der Waals surface area (Å²) in [6, 6.07) is 13.4. The molecule has 0 aliphatic heterocycles. The summed E-state index contributed by atoms with van der Waals surface area (Å²) < 4.78 is 11.3. The van der Waals surface area contributed by atoms with Gasteiger partial charge >= 0.3 is 0 Å². The molecule has 0 radical (unpaired) electrons. The van der Waals surface area contributed by atoms with E-state index in [2.05, 4.69) is 19.2 Å². The van der Waals surface area contributed by atoms with E-state index < -0.39 is 0 Å². The van der Waals surface area contributed by atoms with Crippen molar-refractivity contribution < 1.29 is 14.3 Å². The number of carbonyl (C=O) groups is 1. The maximum absolute atomic E-state index is 12.1. The first kappa shape index (κ1) is 18.8. The summed E-state index contributed by atoms with van der Waals surface area (Å²) in [7, 11) is 0. The third-order valence-electron chi connectivity index (χ3n) is 3.78. The number of hydrogen-bond acceptors (Lipinski definition) is 3. The second-order valence-corrected chi connectivity index (χ2v) is 6.66. The van der Waals surface area contributed by atoms with Crippen molar-refractivity contribution in [2.24, 2.45) is 5.92 Å². The molecule has 0 aromatic heterocycles. The number of carbonyl (C=O) groups excluding carboxylic acids is 1. The van der Waals surface area contributed by atoms with E-state index in [4.69, 9.17) is 9.47 Å². The van der Waals surface area contributed by atoms with Crippen LogP contribution in [0.3, 0.4) is 0 Å². The molecule has 0 aliphatic carbocycles. The maximum atomic E-state index is 12.1. The van der Waals surface area contributed by atoms with Gasteiger partial charge in [0.25, 0.3) is 5.91 Å². The largest absolute Gasteiger partial charge is 0.494 e. The fourth-order valence-electron chi connectivity index (χ4n) is 2.28.